The van der Waals surface area contributed by atoms with Gasteiger partial charge in [0.1, 0.15) is 5.75 Å². The summed E-state index contributed by atoms with van der Waals surface area (Å²) in [7, 11) is 0. The van der Waals surface area contributed by atoms with Crippen LogP contribution in [0.2, 0.25) is 0 Å². The molecule has 5 heteroatoms. The highest BCUT2D eigenvalue weighted by molar-refractivity contribution is 9.10. The van der Waals surface area contributed by atoms with Crippen molar-refractivity contribution in [3.63, 3.8) is 0 Å². The molecule has 2 amide bonds. The van der Waals surface area contributed by atoms with Crippen LogP contribution in [0.25, 0.3) is 0 Å². The van der Waals surface area contributed by atoms with Crippen molar-refractivity contribution in [2.24, 2.45) is 0 Å². The molecule has 122 valence electrons. The van der Waals surface area contributed by atoms with Gasteiger partial charge in [-0.3, -0.25) is 0 Å². The second-order valence-corrected chi connectivity index (χ2v) is 6.19. The largest absolute Gasteiger partial charge is 0.473 e. The molecule has 2 aromatic rings. The van der Waals surface area contributed by atoms with Crippen LogP contribution >= 0.6 is 15.9 Å². The Morgan fingerprint density at radius 3 is 2.65 bits per heavy atom. The number of hydrogen-bond acceptors (Lipinski definition) is 2. The maximum Gasteiger partial charge on any atom is 0.317 e. The van der Waals surface area contributed by atoms with Crippen molar-refractivity contribution in [1.29, 1.82) is 0 Å². The fourth-order valence-corrected chi connectivity index (χ4v) is 2.70. The summed E-state index contributed by atoms with van der Waals surface area (Å²) in [5.74, 6) is 0.782. The quantitative estimate of drug-likeness (QED) is 0.750. The molecule has 2 rings (SSSR count). The van der Waals surface area contributed by atoms with Crippen molar-refractivity contribution in [3.05, 3.63) is 63.6 Å². The minimum absolute atomic E-state index is 0.144. The normalized spacial score (nSPS) is 10.2. The van der Waals surface area contributed by atoms with Crippen LogP contribution < -0.4 is 15.4 Å². The molecule has 23 heavy (non-hydrogen) atoms. The van der Waals surface area contributed by atoms with Gasteiger partial charge in [-0.1, -0.05) is 51.8 Å². The lowest BCUT2D eigenvalue weighted by Crippen LogP contribution is -2.38. The smallest absolute Gasteiger partial charge is 0.317 e. The highest BCUT2D eigenvalue weighted by Gasteiger charge is 2.03. The van der Waals surface area contributed by atoms with Gasteiger partial charge in [0, 0.05) is 11.0 Å². The first-order valence-electron chi connectivity index (χ1n) is 7.51. The van der Waals surface area contributed by atoms with Crippen LogP contribution in [-0.2, 0) is 6.42 Å². The van der Waals surface area contributed by atoms with Crippen LogP contribution in [0.1, 0.15) is 16.7 Å². The number of nitrogens with one attached hydrogen (secondary N) is 2. The van der Waals surface area contributed by atoms with Crippen LogP contribution in [0, 0.1) is 13.8 Å². The Kier molecular flexibility index (Phi) is 6.47. The van der Waals surface area contributed by atoms with Crippen LogP contribution in [0.15, 0.2) is 46.9 Å². The average molecular weight is 377 g/mol. The maximum absolute atomic E-state index is 11.7. The van der Waals surface area contributed by atoms with E-state index in [-0.39, 0.29) is 12.8 Å². The fraction of sp³-hybridized carbons (Fsp3) is 0.278. The minimum atomic E-state index is -0.234. The van der Waals surface area contributed by atoms with E-state index in [1.807, 2.05) is 56.3 Å². The van der Waals surface area contributed by atoms with Crippen LogP contribution in [0.5, 0.6) is 5.75 Å². The summed E-state index contributed by atoms with van der Waals surface area (Å²) in [6.07, 6.45) is 0.771. The third-order valence-corrected chi connectivity index (χ3v) is 4.20. The molecule has 0 unspecified atom stereocenters. The minimum Gasteiger partial charge on any atom is -0.473 e. The van der Waals surface area contributed by atoms with Crippen LogP contribution in [-0.4, -0.2) is 19.3 Å². The fourth-order valence-electron chi connectivity index (χ4n) is 2.22. The molecule has 2 N–H and O–H groups in total. The Bertz CT molecular complexity index is 674. The molecule has 0 radical (unpaired) electrons. The number of halogens is 1. The Labute approximate surface area is 145 Å². The third-order valence-electron chi connectivity index (χ3n) is 3.43. The first-order valence-corrected chi connectivity index (χ1v) is 8.30. The summed E-state index contributed by atoms with van der Waals surface area (Å²) < 4.78 is 6.62. The highest BCUT2D eigenvalue weighted by Crippen LogP contribution is 2.18. The lowest BCUT2D eigenvalue weighted by Gasteiger charge is -2.11. The zero-order valence-electron chi connectivity index (χ0n) is 13.4. The predicted molar refractivity (Wildman–Crippen MR) is 95.8 cm³/mol. The van der Waals surface area contributed by atoms with Crippen molar-refractivity contribution in [3.8, 4) is 5.75 Å². The molecule has 0 aliphatic rings. The molecule has 0 saturated heterocycles. The van der Waals surface area contributed by atoms with Gasteiger partial charge in [0.25, 0.3) is 0 Å². The van der Waals surface area contributed by atoms with Gasteiger partial charge in [-0.25, -0.2) is 4.79 Å². The Hall–Kier alpha value is -2.01. The number of amides is 2. The molecule has 0 bridgehead atoms. The molecule has 0 spiro atoms. The van der Waals surface area contributed by atoms with Gasteiger partial charge >= 0.3 is 6.03 Å². The summed E-state index contributed by atoms with van der Waals surface area (Å²) in [5.41, 5.74) is 3.41. The van der Waals surface area contributed by atoms with Gasteiger partial charge in [0.15, 0.2) is 6.73 Å². The van der Waals surface area contributed by atoms with Crippen LogP contribution in [0.3, 0.4) is 0 Å². The van der Waals surface area contributed by atoms with Crippen molar-refractivity contribution in [2.75, 3.05) is 13.3 Å². The van der Waals surface area contributed by atoms with Gasteiger partial charge in [-0.2, -0.15) is 0 Å². The van der Waals surface area contributed by atoms with Gasteiger partial charge in [0.2, 0.25) is 0 Å². The molecule has 0 aliphatic carbocycles. The summed E-state index contributed by atoms with van der Waals surface area (Å²) >= 11 is 3.49. The summed E-state index contributed by atoms with van der Waals surface area (Å²) in [4.78, 5) is 11.7. The number of rotatable bonds is 6. The number of aryl methyl sites for hydroxylation is 2. The summed E-state index contributed by atoms with van der Waals surface area (Å²) in [6.45, 7) is 4.73. The Morgan fingerprint density at radius 1 is 1.13 bits per heavy atom. The zero-order valence-corrected chi connectivity index (χ0v) is 14.9. The van der Waals surface area contributed by atoms with Gasteiger partial charge in [-0.15, -0.1) is 0 Å². The molecular formula is C18H21BrN2O2. The first kappa shape index (κ1) is 17.3. The molecule has 4 nitrogen and oxygen atoms in total. The van der Waals surface area contributed by atoms with Crippen molar-refractivity contribution < 1.29 is 9.53 Å². The monoisotopic (exact) mass is 376 g/mol. The lowest BCUT2D eigenvalue weighted by molar-refractivity contribution is 0.224. The second kappa shape index (κ2) is 8.58. The van der Waals surface area contributed by atoms with E-state index in [4.69, 9.17) is 4.74 Å². The van der Waals surface area contributed by atoms with Crippen LogP contribution in [0.4, 0.5) is 4.79 Å². The Morgan fingerprint density at radius 2 is 1.91 bits per heavy atom. The number of hydrogen-bond donors (Lipinski definition) is 2. The summed E-state index contributed by atoms with van der Waals surface area (Å²) in [6, 6.07) is 13.7. The van der Waals surface area contributed by atoms with E-state index in [0.717, 1.165) is 22.2 Å². The SMILES string of the molecule is Cc1ccc(OCNC(=O)NCCc2ccccc2Br)c(C)c1. The van der Waals surface area contributed by atoms with Crippen molar-refractivity contribution in [1.82, 2.24) is 10.6 Å². The third kappa shape index (κ3) is 5.60. The second-order valence-electron chi connectivity index (χ2n) is 5.33. The molecule has 0 aromatic heterocycles. The van der Waals surface area contributed by atoms with E-state index >= 15 is 0 Å². The Balaban J connectivity index is 1.68. The molecule has 0 aliphatic heterocycles. The van der Waals surface area contributed by atoms with Gasteiger partial charge in [0.05, 0.1) is 0 Å². The molecular weight excluding hydrogens is 356 g/mol. The first-order chi connectivity index (χ1) is 11.1. The van der Waals surface area contributed by atoms with E-state index in [1.54, 1.807) is 0 Å². The number of urea groups is 1. The van der Waals surface area contributed by atoms with E-state index in [9.17, 15) is 4.79 Å². The number of ether oxygens (including phenoxy) is 1. The van der Waals surface area contributed by atoms with Gasteiger partial charge < -0.3 is 15.4 Å². The van der Waals surface area contributed by atoms with E-state index in [1.165, 1.54) is 11.1 Å². The standard InChI is InChI=1S/C18H21BrN2O2/c1-13-7-8-17(14(2)11-13)23-12-21-18(22)20-10-9-15-5-3-4-6-16(15)19/h3-8,11H,9-10,12H2,1-2H3,(H2,20,21,22). The molecule has 0 atom stereocenters. The van der Waals surface area contributed by atoms with Gasteiger partial charge in [-0.05, 0) is 43.5 Å². The van der Waals surface area contributed by atoms with E-state index in [0.29, 0.717) is 6.54 Å². The average Bonchev–Trinajstić information content (AvgIpc) is 2.51. The summed E-state index contributed by atoms with van der Waals surface area (Å²) in [5, 5.41) is 5.51. The lowest BCUT2D eigenvalue weighted by atomic mass is 10.1. The van der Waals surface area contributed by atoms with E-state index in [2.05, 4.69) is 26.6 Å². The molecule has 0 saturated carbocycles. The van der Waals surface area contributed by atoms with Crippen molar-refractivity contribution >= 4 is 22.0 Å². The zero-order chi connectivity index (χ0) is 16.7. The highest BCUT2D eigenvalue weighted by atomic mass is 79.9. The number of carbonyl (C=O) groups excluding carboxylic acids is 1. The van der Waals surface area contributed by atoms with Crippen molar-refractivity contribution in [2.45, 2.75) is 20.3 Å². The molecule has 2 aromatic carbocycles. The predicted octanol–water partition coefficient (Wildman–Crippen LogP) is 3.94. The number of benzene rings is 2. The number of carbonyl (C=O) groups is 1. The van der Waals surface area contributed by atoms with E-state index < -0.39 is 0 Å². The topological polar surface area (TPSA) is 50.4 Å². The molecule has 0 fully saturated rings. The maximum atomic E-state index is 11.7. The molecule has 0 heterocycles.